The van der Waals surface area contributed by atoms with Gasteiger partial charge in [0.25, 0.3) is 0 Å². The largest absolute Gasteiger partial charge is 0.394 e. The van der Waals surface area contributed by atoms with E-state index in [1.165, 1.54) is 29.5 Å². The van der Waals surface area contributed by atoms with Crippen LogP contribution in [0.4, 0.5) is 0 Å². The fourth-order valence-electron chi connectivity index (χ4n) is 4.58. The minimum Gasteiger partial charge on any atom is -0.394 e. The van der Waals surface area contributed by atoms with Gasteiger partial charge in [-0.05, 0) is 55.3 Å². The van der Waals surface area contributed by atoms with Gasteiger partial charge in [0.1, 0.15) is 0 Å². The normalized spacial score (nSPS) is 32.0. The first-order valence-corrected chi connectivity index (χ1v) is 8.57. The molecule has 1 aromatic carbocycles. The minimum atomic E-state index is 0.0760. The third-order valence-corrected chi connectivity index (χ3v) is 5.83. The lowest BCUT2D eigenvalue weighted by atomic mass is 9.95. The predicted molar refractivity (Wildman–Crippen MR) is 87.6 cm³/mol. The van der Waals surface area contributed by atoms with Crippen molar-refractivity contribution in [1.29, 1.82) is 0 Å². The summed E-state index contributed by atoms with van der Waals surface area (Å²) in [5, 5.41) is 9.84. The Kier molecular flexibility index (Phi) is 3.81. The molecule has 22 heavy (non-hydrogen) atoms. The summed E-state index contributed by atoms with van der Waals surface area (Å²) >= 11 is 0. The molecule has 2 atom stereocenters. The van der Waals surface area contributed by atoms with Crippen molar-refractivity contribution >= 4 is 5.57 Å². The highest BCUT2D eigenvalue weighted by atomic mass is 16.5. The summed E-state index contributed by atoms with van der Waals surface area (Å²) in [6, 6.07) is 9.61. The number of hydrogen-bond acceptors (Lipinski definition) is 3. The molecule has 3 aliphatic rings. The second kappa shape index (κ2) is 5.80. The SMILES string of the molecule is OCC12CCCN1C(c1ccc(C3=CCOCC3)cc1)CC2. The van der Waals surface area contributed by atoms with Crippen molar-refractivity contribution in [2.24, 2.45) is 0 Å². The van der Waals surface area contributed by atoms with Crippen LogP contribution < -0.4 is 0 Å². The van der Waals surface area contributed by atoms with Crippen molar-refractivity contribution in [2.75, 3.05) is 26.4 Å². The Labute approximate surface area is 132 Å². The molecule has 2 saturated heterocycles. The number of ether oxygens (including phenoxy) is 1. The summed E-state index contributed by atoms with van der Waals surface area (Å²) in [4.78, 5) is 2.57. The number of aliphatic hydroxyl groups excluding tert-OH is 1. The maximum atomic E-state index is 9.84. The van der Waals surface area contributed by atoms with Crippen molar-refractivity contribution in [1.82, 2.24) is 4.90 Å². The van der Waals surface area contributed by atoms with Gasteiger partial charge in [-0.25, -0.2) is 0 Å². The van der Waals surface area contributed by atoms with Crippen molar-refractivity contribution in [2.45, 2.75) is 43.7 Å². The molecule has 2 unspecified atom stereocenters. The van der Waals surface area contributed by atoms with Crippen LogP contribution in [0.25, 0.3) is 5.57 Å². The summed E-state index contributed by atoms with van der Waals surface area (Å²) in [5.41, 5.74) is 4.23. The van der Waals surface area contributed by atoms with Crippen molar-refractivity contribution in [3.05, 3.63) is 41.5 Å². The molecule has 0 bridgehead atoms. The van der Waals surface area contributed by atoms with E-state index >= 15 is 0 Å². The average Bonchev–Trinajstić information content (AvgIpc) is 3.15. The van der Waals surface area contributed by atoms with Gasteiger partial charge < -0.3 is 9.84 Å². The minimum absolute atomic E-state index is 0.0760. The molecule has 3 aliphatic heterocycles. The molecule has 0 radical (unpaired) electrons. The lowest BCUT2D eigenvalue weighted by molar-refractivity contribution is 0.0776. The summed E-state index contributed by atoms with van der Waals surface area (Å²) in [5.74, 6) is 0. The molecule has 2 fully saturated rings. The van der Waals surface area contributed by atoms with Gasteiger partial charge in [-0.15, -0.1) is 0 Å². The Morgan fingerprint density at radius 1 is 1.23 bits per heavy atom. The molecule has 3 nitrogen and oxygen atoms in total. The second-order valence-corrected chi connectivity index (χ2v) is 6.91. The van der Waals surface area contributed by atoms with Gasteiger partial charge in [0.05, 0.1) is 19.8 Å². The molecule has 1 N–H and O–H groups in total. The van der Waals surface area contributed by atoms with Crippen LogP contribution in [0.5, 0.6) is 0 Å². The van der Waals surface area contributed by atoms with Crippen molar-refractivity contribution in [3.8, 4) is 0 Å². The molecular formula is C19H25NO2. The molecule has 0 spiro atoms. The zero-order valence-corrected chi connectivity index (χ0v) is 13.1. The van der Waals surface area contributed by atoms with Gasteiger partial charge in [0.2, 0.25) is 0 Å². The van der Waals surface area contributed by atoms with E-state index in [-0.39, 0.29) is 5.54 Å². The van der Waals surface area contributed by atoms with Gasteiger partial charge in [-0.1, -0.05) is 30.3 Å². The Morgan fingerprint density at radius 2 is 2.09 bits per heavy atom. The van der Waals surface area contributed by atoms with Crippen LogP contribution in [0.3, 0.4) is 0 Å². The lowest BCUT2D eigenvalue weighted by Crippen LogP contribution is -2.42. The molecule has 1 aromatic rings. The molecule has 118 valence electrons. The molecule has 0 amide bonds. The van der Waals surface area contributed by atoms with Crippen molar-refractivity contribution in [3.63, 3.8) is 0 Å². The summed E-state index contributed by atoms with van der Waals surface area (Å²) in [6.45, 7) is 3.03. The Morgan fingerprint density at radius 3 is 2.82 bits per heavy atom. The van der Waals surface area contributed by atoms with E-state index in [9.17, 15) is 5.11 Å². The van der Waals surface area contributed by atoms with Gasteiger partial charge in [0, 0.05) is 11.6 Å². The first kappa shape index (κ1) is 14.4. The molecule has 0 aromatic heterocycles. The van der Waals surface area contributed by atoms with Crippen LogP contribution in [0, 0.1) is 0 Å². The molecule has 4 rings (SSSR count). The summed E-state index contributed by atoms with van der Waals surface area (Å²) < 4.78 is 5.39. The molecule has 0 aliphatic carbocycles. The number of rotatable bonds is 3. The highest BCUT2D eigenvalue weighted by molar-refractivity contribution is 5.66. The molecule has 3 heterocycles. The smallest absolute Gasteiger partial charge is 0.0653 e. The first-order valence-electron chi connectivity index (χ1n) is 8.57. The van der Waals surface area contributed by atoms with Gasteiger partial charge in [-0.3, -0.25) is 4.90 Å². The fraction of sp³-hybridized carbons (Fsp3) is 0.579. The second-order valence-electron chi connectivity index (χ2n) is 6.91. The molecular weight excluding hydrogens is 274 g/mol. The Bertz CT molecular complexity index is 565. The van der Waals surface area contributed by atoms with Crippen LogP contribution in [0.1, 0.15) is 49.3 Å². The number of nitrogens with zero attached hydrogens (tertiary/aromatic N) is 1. The number of aliphatic hydroxyl groups is 1. The van der Waals surface area contributed by atoms with Crippen LogP contribution in [-0.2, 0) is 4.74 Å². The first-order chi connectivity index (χ1) is 10.8. The average molecular weight is 299 g/mol. The van der Waals surface area contributed by atoms with Gasteiger partial charge >= 0.3 is 0 Å². The van der Waals surface area contributed by atoms with E-state index in [0.29, 0.717) is 12.6 Å². The highest BCUT2D eigenvalue weighted by Crippen LogP contribution is 2.48. The zero-order chi connectivity index (χ0) is 15.0. The molecule has 0 saturated carbocycles. The topological polar surface area (TPSA) is 32.7 Å². The third-order valence-electron chi connectivity index (χ3n) is 5.83. The van der Waals surface area contributed by atoms with Crippen LogP contribution in [-0.4, -0.2) is 41.9 Å². The summed E-state index contributed by atoms with van der Waals surface area (Å²) in [7, 11) is 0. The predicted octanol–water partition coefficient (Wildman–Crippen LogP) is 3.15. The van der Waals surface area contributed by atoms with Crippen molar-refractivity contribution < 1.29 is 9.84 Å². The fourth-order valence-corrected chi connectivity index (χ4v) is 4.58. The highest BCUT2D eigenvalue weighted by Gasteiger charge is 2.48. The van der Waals surface area contributed by atoms with Gasteiger partial charge in [-0.2, -0.15) is 0 Å². The third kappa shape index (κ3) is 2.32. The zero-order valence-electron chi connectivity index (χ0n) is 13.1. The number of fused-ring (bicyclic) bond motifs is 1. The van der Waals surface area contributed by atoms with E-state index in [1.54, 1.807) is 0 Å². The monoisotopic (exact) mass is 299 g/mol. The maximum absolute atomic E-state index is 9.84. The Balaban J connectivity index is 1.55. The standard InChI is InChI=1S/C19H25NO2/c21-14-19-9-1-11-20(19)18(6-10-19)17-4-2-15(3-5-17)16-7-12-22-13-8-16/h2-5,7,18,21H,1,6,8-14H2. The van der Waals surface area contributed by atoms with E-state index in [4.69, 9.17) is 4.74 Å². The maximum Gasteiger partial charge on any atom is 0.0653 e. The van der Waals surface area contributed by atoms with E-state index in [1.807, 2.05) is 0 Å². The van der Waals surface area contributed by atoms with Gasteiger partial charge in [0.15, 0.2) is 0 Å². The van der Waals surface area contributed by atoms with Crippen LogP contribution in [0.2, 0.25) is 0 Å². The summed E-state index contributed by atoms with van der Waals surface area (Å²) in [6.07, 6.45) is 7.91. The van der Waals surface area contributed by atoms with E-state index < -0.39 is 0 Å². The van der Waals surface area contributed by atoms with E-state index in [0.717, 1.165) is 39.0 Å². The number of benzene rings is 1. The quantitative estimate of drug-likeness (QED) is 0.930. The number of hydrogen-bond donors (Lipinski definition) is 1. The van der Waals surface area contributed by atoms with Crippen LogP contribution >= 0.6 is 0 Å². The Hall–Kier alpha value is -1.16. The van der Waals surface area contributed by atoms with E-state index in [2.05, 4.69) is 35.2 Å². The lowest BCUT2D eigenvalue weighted by Gasteiger charge is -2.33. The van der Waals surface area contributed by atoms with Crippen LogP contribution in [0.15, 0.2) is 30.3 Å². The molecule has 3 heteroatoms.